The highest BCUT2D eigenvalue weighted by Gasteiger charge is 2.24. The van der Waals surface area contributed by atoms with Crippen LogP contribution in [0, 0.1) is 0 Å². The minimum Gasteiger partial charge on any atom is -0.348 e. The number of thiophene rings is 1. The summed E-state index contributed by atoms with van der Waals surface area (Å²) in [4.78, 5) is 11.6. The van der Waals surface area contributed by atoms with Gasteiger partial charge in [0, 0.05) is 0 Å². The van der Waals surface area contributed by atoms with Gasteiger partial charge in [-0.15, -0.1) is 0 Å². The lowest BCUT2D eigenvalue weighted by Crippen LogP contribution is -2.38. The molecule has 1 amide bonds. The average Bonchev–Trinajstić information content (AvgIpc) is 2.53. The van der Waals surface area contributed by atoms with Crippen molar-refractivity contribution in [3.63, 3.8) is 0 Å². The van der Waals surface area contributed by atoms with Crippen molar-refractivity contribution in [3.8, 4) is 0 Å². The molecule has 1 rings (SSSR count). The van der Waals surface area contributed by atoms with Crippen molar-refractivity contribution >= 4 is 33.2 Å². The summed E-state index contributed by atoms with van der Waals surface area (Å²) in [6.45, 7) is 5.66. The summed E-state index contributed by atoms with van der Waals surface area (Å²) in [6, 6.07) is 2.10. The van der Waals surface area contributed by atoms with Crippen LogP contribution in [0.2, 0.25) is 0 Å². The fraction of sp³-hybridized carbons (Fsp3) is 0.500. The molecule has 1 aromatic heterocycles. The molecule has 1 heterocycles. The van der Waals surface area contributed by atoms with E-state index in [1.54, 1.807) is 11.3 Å². The number of halogens is 1. The summed E-state index contributed by atoms with van der Waals surface area (Å²) in [7, 11) is 0. The van der Waals surface area contributed by atoms with Crippen LogP contribution in [0.3, 0.4) is 0 Å². The molecule has 0 fully saturated rings. The molecule has 0 aromatic carbocycles. The summed E-state index contributed by atoms with van der Waals surface area (Å²) >= 11 is 4.97. The van der Waals surface area contributed by atoms with Gasteiger partial charge >= 0.3 is 0 Å². The second kappa shape index (κ2) is 4.45. The normalized spacial score (nSPS) is 13.7. The zero-order valence-electron chi connectivity index (χ0n) is 8.50. The number of nitrogens with one attached hydrogen (secondary N) is 1. The standard InChI is InChI=1S/C10H14BrNOS/c1-7(8-4-5-14-6-8)12-9(13)10(2,3)11/h4-7H,1-3H3,(H,12,13). The number of carbonyl (C=O) groups excluding carboxylic acids is 1. The Morgan fingerprint density at radius 2 is 2.29 bits per heavy atom. The van der Waals surface area contributed by atoms with E-state index in [2.05, 4.69) is 21.2 Å². The molecule has 0 spiro atoms. The van der Waals surface area contributed by atoms with E-state index >= 15 is 0 Å². The van der Waals surface area contributed by atoms with E-state index in [0.29, 0.717) is 0 Å². The van der Waals surface area contributed by atoms with Gasteiger partial charge in [-0.1, -0.05) is 15.9 Å². The first-order valence-corrected chi connectivity index (χ1v) is 6.17. The van der Waals surface area contributed by atoms with Crippen LogP contribution < -0.4 is 5.32 Å². The predicted molar refractivity (Wildman–Crippen MR) is 63.9 cm³/mol. The van der Waals surface area contributed by atoms with Crippen LogP contribution in [0.1, 0.15) is 32.4 Å². The Labute approximate surface area is 96.8 Å². The summed E-state index contributed by atoms with van der Waals surface area (Å²) in [5, 5.41) is 7.00. The van der Waals surface area contributed by atoms with Crippen molar-refractivity contribution in [1.29, 1.82) is 0 Å². The van der Waals surface area contributed by atoms with Crippen molar-refractivity contribution < 1.29 is 4.79 Å². The van der Waals surface area contributed by atoms with Crippen molar-refractivity contribution in [1.82, 2.24) is 5.32 Å². The number of alkyl halides is 1. The van der Waals surface area contributed by atoms with Crippen LogP contribution in [0.25, 0.3) is 0 Å². The quantitative estimate of drug-likeness (QED) is 0.844. The van der Waals surface area contributed by atoms with E-state index in [1.165, 1.54) is 0 Å². The molecule has 78 valence electrons. The summed E-state index contributed by atoms with van der Waals surface area (Å²) < 4.78 is -0.503. The molecule has 1 N–H and O–H groups in total. The molecule has 0 aliphatic carbocycles. The Morgan fingerprint density at radius 1 is 1.64 bits per heavy atom. The minimum absolute atomic E-state index is 0.0104. The summed E-state index contributed by atoms with van der Waals surface area (Å²) in [5.74, 6) is 0.0104. The molecular weight excluding hydrogens is 262 g/mol. The molecule has 0 saturated carbocycles. The highest BCUT2D eigenvalue weighted by Crippen LogP contribution is 2.20. The van der Waals surface area contributed by atoms with Crippen LogP contribution >= 0.6 is 27.3 Å². The Hall–Kier alpha value is -0.350. The SMILES string of the molecule is CC(NC(=O)C(C)(C)Br)c1ccsc1. The maximum absolute atomic E-state index is 11.6. The van der Waals surface area contributed by atoms with Gasteiger partial charge in [0.2, 0.25) is 5.91 Å². The van der Waals surface area contributed by atoms with Crippen LogP contribution in [-0.2, 0) is 4.79 Å². The lowest BCUT2D eigenvalue weighted by molar-refractivity contribution is -0.123. The maximum atomic E-state index is 11.6. The van der Waals surface area contributed by atoms with Crippen LogP contribution in [0.15, 0.2) is 16.8 Å². The molecule has 1 aromatic rings. The van der Waals surface area contributed by atoms with Crippen molar-refractivity contribution in [2.24, 2.45) is 0 Å². The van der Waals surface area contributed by atoms with E-state index in [4.69, 9.17) is 0 Å². The summed E-state index contributed by atoms with van der Waals surface area (Å²) in [5.41, 5.74) is 1.15. The molecule has 0 saturated heterocycles. The smallest absolute Gasteiger partial charge is 0.236 e. The minimum atomic E-state index is -0.503. The van der Waals surface area contributed by atoms with Crippen molar-refractivity contribution in [2.75, 3.05) is 0 Å². The molecule has 0 bridgehead atoms. The first kappa shape index (κ1) is 11.7. The highest BCUT2D eigenvalue weighted by atomic mass is 79.9. The average molecular weight is 276 g/mol. The van der Waals surface area contributed by atoms with Gasteiger partial charge in [-0.05, 0) is 43.2 Å². The molecule has 14 heavy (non-hydrogen) atoms. The van der Waals surface area contributed by atoms with Gasteiger partial charge in [0.25, 0.3) is 0 Å². The summed E-state index contributed by atoms with van der Waals surface area (Å²) in [6.07, 6.45) is 0. The van der Waals surface area contributed by atoms with Crippen LogP contribution in [0.5, 0.6) is 0 Å². The van der Waals surface area contributed by atoms with Gasteiger partial charge in [-0.2, -0.15) is 11.3 Å². The van der Waals surface area contributed by atoms with E-state index in [0.717, 1.165) is 5.56 Å². The first-order chi connectivity index (χ1) is 6.41. The highest BCUT2D eigenvalue weighted by molar-refractivity contribution is 9.10. The predicted octanol–water partition coefficient (Wildman–Crippen LogP) is 3.10. The molecule has 1 atom stereocenters. The maximum Gasteiger partial charge on any atom is 0.236 e. The Kier molecular flexibility index (Phi) is 3.72. The fourth-order valence-electron chi connectivity index (χ4n) is 0.973. The molecule has 2 nitrogen and oxygen atoms in total. The van der Waals surface area contributed by atoms with Gasteiger partial charge in [0.15, 0.2) is 0 Å². The number of carbonyl (C=O) groups is 1. The second-order valence-corrected chi connectivity index (χ2v) is 6.49. The fourth-order valence-corrected chi connectivity index (χ4v) is 1.84. The molecular formula is C10H14BrNOS. The molecule has 4 heteroatoms. The van der Waals surface area contributed by atoms with Gasteiger partial charge in [0.05, 0.1) is 10.4 Å². The number of amides is 1. The number of rotatable bonds is 3. The third-order valence-corrected chi connectivity index (χ3v) is 2.99. The van der Waals surface area contributed by atoms with Crippen molar-refractivity contribution in [2.45, 2.75) is 31.1 Å². The van der Waals surface area contributed by atoms with Gasteiger partial charge in [-0.25, -0.2) is 0 Å². The Morgan fingerprint density at radius 3 is 2.71 bits per heavy atom. The first-order valence-electron chi connectivity index (χ1n) is 4.43. The van der Waals surface area contributed by atoms with Gasteiger partial charge < -0.3 is 5.32 Å². The van der Waals surface area contributed by atoms with Crippen LogP contribution in [-0.4, -0.2) is 10.2 Å². The van der Waals surface area contributed by atoms with E-state index in [9.17, 15) is 4.79 Å². The van der Waals surface area contributed by atoms with Crippen LogP contribution in [0.4, 0.5) is 0 Å². The van der Waals surface area contributed by atoms with Gasteiger partial charge in [0.1, 0.15) is 0 Å². The third kappa shape index (κ3) is 3.10. The zero-order valence-corrected chi connectivity index (χ0v) is 10.9. The van der Waals surface area contributed by atoms with E-state index in [1.807, 2.05) is 37.6 Å². The van der Waals surface area contributed by atoms with Gasteiger partial charge in [-0.3, -0.25) is 4.79 Å². The molecule has 0 aliphatic rings. The Balaban J connectivity index is 2.58. The van der Waals surface area contributed by atoms with E-state index in [-0.39, 0.29) is 11.9 Å². The second-order valence-electron chi connectivity index (χ2n) is 3.72. The molecule has 1 unspecified atom stereocenters. The zero-order chi connectivity index (χ0) is 10.8. The molecule has 0 aliphatic heterocycles. The monoisotopic (exact) mass is 275 g/mol. The van der Waals surface area contributed by atoms with Crippen molar-refractivity contribution in [3.05, 3.63) is 22.4 Å². The Bertz CT molecular complexity index is 302. The topological polar surface area (TPSA) is 29.1 Å². The lowest BCUT2D eigenvalue weighted by Gasteiger charge is -2.19. The third-order valence-electron chi connectivity index (χ3n) is 1.93. The lowest BCUT2D eigenvalue weighted by atomic mass is 10.1. The van der Waals surface area contributed by atoms with E-state index < -0.39 is 4.32 Å². The number of hydrogen-bond donors (Lipinski definition) is 1. The molecule has 0 radical (unpaired) electrons. The largest absolute Gasteiger partial charge is 0.348 e. The number of hydrogen-bond acceptors (Lipinski definition) is 2.